The molecule has 1 aliphatic rings. The third kappa shape index (κ3) is 3.66. The van der Waals surface area contributed by atoms with Gasteiger partial charge < -0.3 is 14.7 Å². The number of rotatable bonds is 5. The zero-order valence-corrected chi connectivity index (χ0v) is 14.7. The zero-order chi connectivity index (χ0) is 18.0. The molecule has 25 heavy (non-hydrogen) atoms. The second-order valence-corrected chi connectivity index (χ2v) is 6.91. The van der Waals surface area contributed by atoms with Gasteiger partial charge in [-0.3, -0.25) is 9.59 Å². The van der Waals surface area contributed by atoms with E-state index in [1.165, 1.54) is 29.2 Å². The summed E-state index contributed by atoms with van der Waals surface area (Å²) in [6, 6.07) is 12.2. The third-order valence-electron chi connectivity index (χ3n) is 4.15. The van der Waals surface area contributed by atoms with Crippen LogP contribution in [0.2, 0.25) is 0 Å². The standard InChI is InChI=1S/C18H15BrFNO4/c19-13-3-7-15(8-4-13)25-11-18(17(23)24)9-21(10-18)16(22)12-1-5-14(20)6-2-12/h1-8H,9-11H2,(H,23,24). The van der Waals surface area contributed by atoms with Crippen LogP contribution in [0.1, 0.15) is 10.4 Å². The lowest BCUT2D eigenvalue weighted by Gasteiger charge is -2.46. The molecular formula is C18H15BrFNO4. The second kappa shape index (κ2) is 6.84. The second-order valence-electron chi connectivity index (χ2n) is 6.00. The van der Waals surface area contributed by atoms with Crippen LogP contribution in [-0.2, 0) is 4.79 Å². The average molecular weight is 408 g/mol. The van der Waals surface area contributed by atoms with Crippen molar-refractivity contribution in [3.63, 3.8) is 0 Å². The molecule has 2 aromatic rings. The number of benzene rings is 2. The highest BCUT2D eigenvalue weighted by molar-refractivity contribution is 9.10. The van der Waals surface area contributed by atoms with Gasteiger partial charge in [-0.25, -0.2) is 4.39 Å². The van der Waals surface area contributed by atoms with E-state index in [-0.39, 0.29) is 25.6 Å². The van der Waals surface area contributed by atoms with Gasteiger partial charge in [-0.2, -0.15) is 0 Å². The fraction of sp³-hybridized carbons (Fsp3) is 0.222. The number of hydrogen-bond donors (Lipinski definition) is 1. The lowest BCUT2D eigenvalue weighted by atomic mass is 9.80. The fourth-order valence-electron chi connectivity index (χ4n) is 2.64. The maximum Gasteiger partial charge on any atom is 0.316 e. The Balaban J connectivity index is 1.64. The van der Waals surface area contributed by atoms with E-state index >= 15 is 0 Å². The minimum absolute atomic E-state index is 0.0306. The van der Waals surface area contributed by atoms with Gasteiger partial charge in [-0.1, -0.05) is 15.9 Å². The molecule has 0 spiro atoms. The van der Waals surface area contributed by atoms with Gasteiger partial charge in [-0.15, -0.1) is 0 Å². The Morgan fingerprint density at radius 3 is 2.28 bits per heavy atom. The summed E-state index contributed by atoms with van der Waals surface area (Å²) in [5.41, 5.74) is -0.808. The number of amides is 1. The summed E-state index contributed by atoms with van der Waals surface area (Å²) in [4.78, 5) is 25.4. The Hall–Kier alpha value is -2.41. The maximum atomic E-state index is 12.9. The number of likely N-dealkylation sites (tertiary alicyclic amines) is 1. The summed E-state index contributed by atoms with van der Waals surface area (Å²) in [7, 11) is 0. The van der Waals surface area contributed by atoms with Crippen molar-refractivity contribution in [1.29, 1.82) is 0 Å². The van der Waals surface area contributed by atoms with E-state index in [1.54, 1.807) is 24.3 Å². The molecule has 5 nitrogen and oxygen atoms in total. The molecular weight excluding hydrogens is 393 g/mol. The summed E-state index contributed by atoms with van der Waals surface area (Å²) >= 11 is 3.32. The van der Waals surface area contributed by atoms with E-state index in [2.05, 4.69) is 15.9 Å². The van der Waals surface area contributed by atoms with E-state index in [0.717, 1.165) is 4.47 Å². The van der Waals surface area contributed by atoms with Crippen LogP contribution in [0.3, 0.4) is 0 Å². The minimum atomic E-state index is -1.14. The SMILES string of the molecule is O=C(c1ccc(F)cc1)N1CC(COc2ccc(Br)cc2)(C(=O)O)C1. The zero-order valence-electron chi connectivity index (χ0n) is 13.1. The number of hydrogen-bond acceptors (Lipinski definition) is 3. The first-order valence-electron chi connectivity index (χ1n) is 7.56. The van der Waals surface area contributed by atoms with Crippen LogP contribution < -0.4 is 4.74 Å². The number of carboxylic acids is 1. The number of aliphatic carboxylic acids is 1. The van der Waals surface area contributed by atoms with Crippen LogP contribution in [0.25, 0.3) is 0 Å². The fourth-order valence-corrected chi connectivity index (χ4v) is 2.91. The summed E-state index contributed by atoms with van der Waals surface area (Å²) < 4.78 is 19.4. The highest BCUT2D eigenvalue weighted by atomic mass is 79.9. The minimum Gasteiger partial charge on any atom is -0.492 e. The first-order valence-corrected chi connectivity index (χ1v) is 8.36. The number of carbonyl (C=O) groups excluding carboxylic acids is 1. The molecule has 1 amide bonds. The van der Waals surface area contributed by atoms with Crippen LogP contribution >= 0.6 is 15.9 Å². The molecule has 0 aliphatic carbocycles. The molecule has 0 atom stereocenters. The maximum absolute atomic E-state index is 12.9. The molecule has 0 unspecified atom stereocenters. The molecule has 2 aromatic carbocycles. The van der Waals surface area contributed by atoms with Gasteiger partial charge in [0.25, 0.3) is 5.91 Å². The van der Waals surface area contributed by atoms with Gasteiger partial charge in [0.15, 0.2) is 0 Å². The van der Waals surface area contributed by atoms with E-state index in [4.69, 9.17) is 4.74 Å². The Kier molecular flexibility index (Phi) is 4.76. The summed E-state index contributed by atoms with van der Waals surface area (Å²) in [6.45, 7) is 0.0707. The Bertz CT molecular complexity index is 786. The van der Waals surface area contributed by atoms with Gasteiger partial charge >= 0.3 is 5.97 Å². The molecule has 1 heterocycles. The average Bonchev–Trinajstić information content (AvgIpc) is 2.55. The van der Waals surface area contributed by atoms with Crippen molar-refractivity contribution in [1.82, 2.24) is 4.90 Å². The lowest BCUT2D eigenvalue weighted by Crippen LogP contribution is -2.64. The van der Waals surface area contributed by atoms with Crippen LogP contribution in [0, 0.1) is 11.2 Å². The van der Waals surface area contributed by atoms with Gasteiger partial charge in [0.05, 0.1) is 0 Å². The van der Waals surface area contributed by atoms with Crippen molar-refractivity contribution in [3.8, 4) is 5.75 Å². The molecule has 7 heteroatoms. The molecule has 0 bridgehead atoms. The van der Waals surface area contributed by atoms with Crippen molar-refractivity contribution < 1.29 is 23.8 Å². The molecule has 0 radical (unpaired) electrons. The smallest absolute Gasteiger partial charge is 0.316 e. The lowest BCUT2D eigenvalue weighted by molar-refractivity contribution is -0.161. The Labute approximate surface area is 152 Å². The quantitative estimate of drug-likeness (QED) is 0.826. The largest absolute Gasteiger partial charge is 0.492 e. The van der Waals surface area contributed by atoms with Crippen molar-refractivity contribution in [2.24, 2.45) is 5.41 Å². The topological polar surface area (TPSA) is 66.8 Å². The van der Waals surface area contributed by atoms with Crippen LogP contribution in [0.15, 0.2) is 53.0 Å². The summed E-state index contributed by atoms with van der Waals surface area (Å²) in [6.07, 6.45) is 0. The number of carbonyl (C=O) groups is 2. The first kappa shape index (κ1) is 17.4. The number of carboxylic acid groups (broad SMARTS) is 1. The molecule has 0 aromatic heterocycles. The molecule has 3 rings (SSSR count). The van der Waals surface area contributed by atoms with Crippen molar-refractivity contribution in [3.05, 3.63) is 64.4 Å². The molecule has 1 fully saturated rings. The van der Waals surface area contributed by atoms with E-state index < -0.39 is 17.2 Å². The van der Waals surface area contributed by atoms with Crippen LogP contribution in [0.4, 0.5) is 4.39 Å². The van der Waals surface area contributed by atoms with Gasteiger partial charge in [0, 0.05) is 23.1 Å². The summed E-state index contributed by atoms with van der Waals surface area (Å²) in [5, 5.41) is 9.54. The Morgan fingerprint density at radius 2 is 1.72 bits per heavy atom. The van der Waals surface area contributed by atoms with E-state index in [0.29, 0.717) is 11.3 Å². The molecule has 1 aliphatic heterocycles. The van der Waals surface area contributed by atoms with Crippen LogP contribution in [0.5, 0.6) is 5.75 Å². The molecule has 130 valence electrons. The molecule has 1 saturated heterocycles. The van der Waals surface area contributed by atoms with Gasteiger partial charge in [-0.05, 0) is 48.5 Å². The monoisotopic (exact) mass is 407 g/mol. The molecule has 0 saturated carbocycles. The van der Waals surface area contributed by atoms with Crippen molar-refractivity contribution in [2.75, 3.05) is 19.7 Å². The van der Waals surface area contributed by atoms with Crippen molar-refractivity contribution >= 4 is 27.8 Å². The number of nitrogens with zero attached hydrogens (tertiary/aromatic N) is 1. The van der Waals surface area contributed by atoms with Gasteiger partial charge in [0.1, 0.15) is 23.6 Å². The van der Waals surface area contributed by atoms with E-state index in [1.807, 2.05) is 0 Å². The highest BCUT2D eigenvalue weighted by Crippen LogP contribution is 2.33. The van der Waals surface area contributed by atoms with Gasteiger partial charge in [0.2, 0.25) is 0 Å². The van der Waals surface area contributed by atoms with Crippen LogP contribution in [-0.4, -0.2) is 41.6 Å². The highest BCUT2D eigenvalue weighted by Gasteiger charge is 2.52. The number of ether oxygens (including phenoxy) is 1. The third-order valence-corrected chi connectivity index (χ3v) is 4.68. The first-order chi connectivity index (χ1) is 11.9. The normalized spacial score (nSPS) is 15.4. The molecule has 1 N–H and O–H groups in total. The predicted octanol–water partition coefficient (Wildman–Crippen LogP) is 3.19. The van der Waals surface area contributed by atoms with E-state index in [9.17, 15) is 19.1 Å². The predicted molar refractivity (Wildman–Crippen MR) is 92.0 cm³/mol. The Morgan fingerprint density at radius 1 is 1.12 bits per heavy atom. The summed E-state index contributed by atoms with van der Waals surface area (Å²) in [5.74, 6) is -1.19. The number of halogens is 2. The van der Waals surface area contributed by atoms with Crippen molar-refractivity contribution in [2.45, 2.75) is 0 Å².